The molecule has 2 nitrogen and oxygen atoms in total. The monoisotopic (exact) mass is 156 g/mol. The Hall–Kier alpha value is -1.02. The molecule has 0 aliphatic carbocycles. The molecule has 3 heteroatoms. The highest BCUT2D eigenvalue weighted by Gasteiger charge is 1.90. The van der Waals surface area contributed by atoms with Gasteiger partial charge in [0.25, 0.3) is 0 Å². The van der Waals surface area contributed by atoms with E-state index in [9.17, 15) is 4.79 Å². The summed E-state index contributed by atoms with van der Waals surface area (Å²) in [5, 5.41) is 0. The summed E-state index contributed by atoms with van der Waals surface area (Å²) in [6.45, 7) is 0. The smallest absolute Gasteiger partial charge is 0.150 e. The van der Waals surface area contributed by atoms with E-state index in [0.29, 0.717) is 11.3 Å². The molecule has 0 unspecified atom stereocenters. The van der Waals surface area contributed by atoms with Gasteiger partial charge in [0.15, 0.2) is 0 Å². The molecule has 0 heterocycles. The molecule has 0 aromatic heterocycles. The molecule has 0 atom stereocenters. The quantitative estimate of drug-likeness (QED) is 0.613. The van der Waals surface area contributed by atoms with Crippen LogP contribution < -0.4 is 4.29 Å². The van der Waals surface area contributed by atoms with Crippen LogP contribution in [0.5, 0.6) is 5.75 Å². The fourth-order valence-electron chi connectivity index (χ4n) is 0.598. The normalized spacial score (nSPS) is 8.90. The van der Waals surface area contributed by atoms with Crippen LogP contribution in [0.25, 0.3) is 0 Å². The molecule has 0 saturated carbocycles. The van der Waals surface area contributed by atoms with Crippen molar-refractivity contribution in [2.24, 2.45) is 0 Å². The third-order valence-electron chi connectivity index (χ3n) is 1.11. The predicted octanol–water partition coefficient (Wildman–Crippen LogP) is 2.03. The second-order valence-corrected chi connectivity index (χ2v) is 1.92. The van der Waals surface area contributed by atoms with Gasteiger partial charge in [0, 0.05) is 5.56 Å². The highest BCUT2D eigenvalue weighted by atomic mass is 35.5. The molecule has 0 aliphatic heterocycles. The van der Waals surface area contributed by atoms with Crippen LogP contribution in [-0.2, 0) is 0 Å². The standard InChI is InChI=1S/C7H5ClO2/c8-10-7-3-1-6(5-9)2-4-7/h1-5H. The Morgan fingerprint density at radius 2 is 1.90 bits per heavy atom. The van der Waals surface area contributed by atoms with Crippen molar-refractivity contribution < 1.29 is 9.08 Å². The van der Waals surface area contributed by atoms with Crippen molar-refractivity contribution in [1.82, 2.24) is 0 Å². The Balaban J connectivity index is 2.90. The lowest BCUT2D eigenvalue weighted by Crippen LogP contribution is -1.78. The average Bonchev–Trinajstić information content (AvgIpc) is 2.05. The molecule has 0 fully saturated rings. The Bertz CT molecular complexity index is 218. The van der Waals surface area contributed by atoms with Gasteiger partial charge in [-0.2, -0.15) is 0 Å². The van der Waals surface area contributed by atoms with Crippen LogP contribution in [0.2, 0.25) is 0 Å². The van der Waals surface area contributed by atoms with E-state index in [1.807, 2.05) is 0 Å². The molecule has 1 rings (SSSR count). The van der Waals surface area contributed by atoms with Crippen molar-refractivity contribution in [2.45, 2.75) is 0 Å². The van der Waals surface area contributed by atoms with E-state index in [1.54, 1.807) is 24.3 Å². The largest absolute Gasteiger partial charge is 0.386 e. The third-order valence-corrected chi connectivity index (χ3v) is 1.28. The van der Waals surface area contributed by atoms with Crippen molar-refractivity contribution in [1.29, 1.82) is 0 Å². The number of rotatable bonds is 2. The maximum Gasteiger partial charge on any atom is 0.150 e. The van der Waals surface area contributed by atoms with Gasteiger partial charge in [-0.1, -0.05) is 0 Å². The van der Waals surface area contributed by atoms with Crippen LogP contribution in [-0.4, -0.2) is 6.29 Å². The van der Waals surface area contributed by atoms with Crippen molar-refractivity contribution in [3.05, 3.63) is 29.8 Å². The van der Waals surface area contributed by atoms with Gasteiger partial charge in [-0.25, -0.2) is 0 Å². The van der Waals surface area contributed by atoms with Crippen LogP contribution in [0.3, 0.4) is 0 Å². The summed E-state index contributed by atoms with van der Waals surface area (Å²) in [7, 11) is 0. The fourth-order valence-corrected chi connectivity index (χ4v) is 0.701. The average molecular weight is 157 g/mol. The number of benzene rings is 1. The first-order valence-corrected chi connectivity index (χ1v) is 3.01. The molecule has 0 amide bonds. The highest BCUT2D eigenvalue weighted by Crippen LogP contribution is 2.11. The molecule has 0 radical (unpaired) electrons. The predicted molar refractivity (Wildman–Crippen MR) is 38.3 cm³/mol. The van der Waals surface area contributed by atoms with Crippen LogP contribution in [0.1, 0.15) is 10.4 Å². The Morgan fingerprint density at radius 1 is 1.30 bits per heavy atom. The van der Waals surface area contributed by atoms with Crippen LogP contribution >= 0.6 is 11.9 Å². The number of carbonyl (C=O) groups excluding carboxylic acids is 1. The first-order valence-electron chi connectivity index (χ1n) is 2.70. The van der Waals surface area contributed by atoms with Crippen molar-refractivity contribution in [2.75, 3.05) is 0 Å². The van der Waals surface area contributed by atoms with E-state index in [1.165, 1.54) is 0 Å². The maximum absolute atomic E-state index is 10.1. The summed E-state index contributed by atoms with van der Waals surface area (Å²) in [5.74, 6) is 0.535. The van der Waals surface area contributed by atoms with Gasteiger partial charge in [0.05, 0.1) is 0 Å². The summed E-state index contributed by atoms with van der Waals surface area (Å²) in [6, 6.07) is 6.50. The van der Waals surface area contributed by atoms with Gasteiger partial charge in [-0.15, -0.1) is 0 Å². The maximum atomic E-state index is 10.1. The Labute approximate surface area is 63.5 Å². The lowest BCUT2D eigenvalue weighted by molar-refractivity contribution is 0.112. The first-order chi connectivity index (χ1) is 4.86. The first kappa shape index (κ1) is 7.09. The van der Waals surface area contributed by atoms with Gasteiger partial charge in [0.1, 0.15) is 23.9 Å². The summed E-state index contributed by atoms with van der Waals surface area (Å²) >= 11 is 5.03. The van der Waals surface area contributed by atoms with Gasteiger partial charge >= 0.3 is 0 Å². The number of halogens is 1. The molecule has 10 heavy (non-hydrogen) atoms. The van der Waals surface area contributed by atoms with Crippen LogP contribution in [0.15, 0.2) is 24.3 Å². The van der Waals surface area contributed by atoms with E-state index in [2.05, 4.69) is 4.29 Å². The minimum Gasteiger partial charge on any atom is -0.386 e. The molecule has 0 spiro atoms. The summed E-state index contributed by atoms with van der Waals surface area (Å²) in [5.41, 5.74) is 0.609. The third kappa shape index (κ3) is 1.48. The minimum absolute atomic E-state index is 0.535. The SMILES string of the molecule is O=Cc1ccc(OCl)cc1. The Kier molecular flexibility index (Phi) is 2.29. The molecule has 52 valence electrons. The van der Waals surface area contributed by atoms with Crippen molar-refractivity contribution in [3.8, 4) is 5.75 Å². The topological polar surface area (TPSA) is 26.3 Å². The van der Waals surface area contributed by atoms with E-state index in [-0.39, 0.29) is 0 Å². The van der Waals surface area contributed by atoms with E-state index >= 15 is 0 Å². The highest BCUT2D eigenvalue weighted by molar-refractivity contribution is 6.09. The molecule has 0 N–H and O–H groups in total. The summed E-state index contributed by atoms with van der Waals surface area (Å²) in [4.78, 5) is 10.1. The second-order valence-electron chi connectivity index (χ2n) is 1.76. The number of hydrogen-bond donors (Lipinski definition) is 0. The second kappa shape index (κ2) is 3.22. The fraction of sp³-hybridized carbons (Fsp3) is 0. The molecular formula is C7H5ClO2. The number of carbonyl (C=O) groups is 1. The van der Waals surface area contributed by atoms with Gasteiger partial charge < -0.3 is 4.29 Å². The Morgan fingerprint density at radius 3 is 2.30 bits per heavy atom. The summed E-state index contributed by atoms with van der Waals surface area (Å²) in [6.07, 6.45) is 0.762. The van der Waals surface area contributed by atoms with Crippen LogP contribution in [0.4, 0.5) is 0 Å². The van der Waals surface area contributed by atoms with Gasteiger partial charge in [-0.05, 0) is 24.3 Å². The lowest BCUT2D eigenvalue weighted by Gasteiger charge is -1.93. The molecular weight excluding hydrogens is 152 g/mol. The molecule has 0 aliphatic rings. The number of hydrogen-bond acceptors (Lipinski definition) is 2. The van der Waals surface area contributed by atoms with E-state index in [4.69, 9.17) is 11.9 Å². The number of aldehydes is 1. The zero-order valence-electron chi connectivity index (χ0n) is 5.08. The van der Waals surface area contributed by atoms with Crippen molar-refractivity contribution >= 4 is 18.2 Å². The molecule has 0 bridgehead atoms. The van der Waals surface area contributed by atoms with E-state index < -0.39 is 0 Å². The van der Waals surface area contributed by atoms with Crippen molar-refractivity contribution in [3.63, 3.8) is 0 Å². The molecule has 1 aromatic carbocycles. The van der Waals surface area contributed by atoms with Gasteiger partial charge in [-0.3, -0.25) is 4.79 Å². The lowest BCUT2D eigenvalue weighted by atomic mass is 10.2. The summed E-state index contributed by atoms with van der Waals surface area (Å²) < 4.78 is 4.37. The van der Waals surface area contributed by atoms with Gasteiger partial charge in [0.2, 0.25) is 0 Å². The molecule has 0 saturated heterocycles. The zero-order valence-corrected chi connectivity index (χ0v) is 5.84. The minimum atomic E-state index is 0.535. The van der Waals surface area contributed by atoms with E-state index in [0.717, 1.165) is 6.29 Å². The van der Waals surface area contributed by atoms with Crippen LogP contribution in [0, 0.1) is 0 Å². The zero-order chi connectivity index (χ0) is 7.40. The molecule has 1 aromatic rings.